The number of azo groups is 1. The summed E-state index contributed by atoms with van der Waals surface area (Å²) in [6.07, 6.45) is 7.04. The number of hydrogen-bond donors (Lipinski definition) is 1. The molecule has 0 unspecified atom stereocenters. The third kappa shape index (κ3) is 3.03. The first-order valence-corrected chi connectivity index (χ1v) is 7.18. The third-order valence-electron chi connectivity index (χ3n) is 3.57. The van der Waals surface area contributed by atoms with Crippen LogP contribution in [0, 0.1) is 5.21 Å². The van der Waals surface area contributed by atoms with Crippen molar-refractivity contribution in [3.05, 3.63) is 89.1 Å². The number of carbonyl (C=O) groups excluding carboxylic acids is 1. The fourth-order valence-corrected chi connectivity index (χ4v) is 2.38. The van der Waals surface area contributed by atoms with Gasteiger partial charge in [-0.2, -0.15) is 0 Å². The molecule has 0 aromatic heterocycles. The number of fused-ring (bicyclic) bond motifs is 1. The predicted octanol–water partition coefficient (Wildman–Crippen LogP) is 3.85. The van der Waals surface area contributed by atoms with Gasteiger partial charge in [-0.05, 0) is 40.8 Å². The molecule has 114 valence electrons. The summed E-state index contributed by atoms with van der Waals surface area (Å²) < 4.78 is 0. The molecule has 23 heavy (non-hydrogen) atoms. The highest BCUT2D eigenvalue weighted by Crippen LogP contribution is 2.20. The van der Waals surface area contributed by atoms with Gasteiger partial charge >= 0.3 is 5.91 Å². The quantitative estimate of drug-likeness (QED) is 0.520. The van der Waals surface area contributed by atoms with Crippen molar-refractivity contribution < 1.29 is 9.66 Å². The molecule has 3 rings (SSSR count). The van der Waals surface area contributed by atoms with Crippen LogP contribution in [0.1, 0.15) is 17.3 Å². The zero-order valence-electron chi connectivity index (χ0n) is 12.6. The number of hydrogen-bond acceptors (Lipinski definition) is 4. The van der Waals surface area contributed by atoms with Gasteiger partial charge in [0.05, 0.1) is 0 Å². The Kier molecular flexibility index (Phi) is 4.01. The Balaban J connectivity index is 1.99. The van der Waals surface area contributed by atoms with Crippen LogP contribution >= 0.6 is 0 Å². The molecule has 1 aliphatic rings. The number of benzene rings is 2. The van der Waals surface area contributed by atoms with E-state index in [9.17, 15) is 10.0 Å². The van der Waals surface area contributed by atoms with Crippen LogP contribution in [0.4, 0.5) is 0 Å². The highest BCUT2D eigenvalue weighted by Gasteiger charge is 2.20. The smallest absolute Gasteiger partial charge is 0.456 e. The second kappa shape index (κ2) is 6.27. The number of nitrogens with zero attached hydrogens (tertiary/aromatic N) is 2. The molecule has 2 aromatic carbocycles. The fourth-order valence-electron chi connectivity index (χ4n) is 2.38. The fraction of sp³-hybridized carbons (Fsp3) is 0.0556. The van der Waals surface area contributed by atoms with Crippen LogP contribution in [0.25, 0.3) is 10.8 Å². The van der Waals surface area contributed by atoms with Crippen LogP contribution in [-0.4, -0.2) is 10.8 Å². The molecule has 1 amide bonds. The zero-order valence-corrected chi connectivity index (χ0v) is 12.6. The first-order valence-electron chi connectivity index (χ1n) is 7.18. The summed E-state index contributed by atoms with van der Waals surface area (Å²) in [6, 6.07) is 12.7. The molecule has 0 aliphatic carbocycles. The lowest BCUT2D eigenvalue weighted by Crippen LogP contribution is -2.14. The lowest BCUT2D eigenvalue weighted by atomic mass is 10.0. The first-order chi connectivity index (χ1) is 11.2. The maximum Gasteiger partial charge on any atom is 0.456 e. The number of rotatable bonds is 2. The van der Waals surface area contributed by atoms with Gasteiger partial charge in [-0.1, -0.05) is 36.4 Å². The Bertz CT molecular complexity index is 873. The Morgan fingerprint density at radius 3 is 2.57 bits per heavy atom. The van der Waals surface area contributed by atoms with E-state index in [1.54, 1.807) is 43.6 Å². The van der Waals surface area contributed by atoms with Gasteiger partial charge in [-0.15, -0.1) is 0 Å². The molecule has 0 saturated carbocycles. The van der Waals surface area contributed by atoms with E-state index in [1.165, 1.54) is 0 Å². The minimum Gasteiger partial charge on any atom is -0.591 e. The Hall–Kier alpha value is -3.21. The SMILES string of the molecule is CC(N=[N+]([O-])C(=O)c1cccc2ccccc12)=C1C=CNC=C1. The third-order valence-corrected chi connectivity index (χ3v) is 3.57. The second-order valence-electron chi connectivity index (χ2n) is 5.08. The molecular formula is C18H15N3O2. The van der Waals surface area contributed by atoms with Gasteiger partial charge in [0.25, 0.3) is 0 Å². The van der Waals surface area contributed by atoms with Crippen molar-refractivity contribution >= 4 is 16.7 Å². The van der Waals surface area contributed by atoms with Crippen LogP contribution in [0.3, 0.4) is 0 Å². The van der Waals surface area contributed by atoms with E-state index < -0.39 is 5.91 Å². The maximum absolute atomic E-state index is 12.4. The Morgan fingerprint density at radius 2 is 1.78 bits per heavy atom. The van der Waals surface area contributed by atoms with E-state index in [0.717, 1.165) is 16.3 Å². The average molecular weight is 305 g/mol. The average Bonchev–Trinajstić information content (AvgIpc) is 2.61. The molecule has 0 radical (unpaired) electrons. The summed E-state index contributed by atoms with van der Waals surface area (Å²) in [6.45, 7) is 1.69. The molecule has 0 atom stereocenters. The predicted molar refractivity (Wildman–Crippen MR) is 88.4 cm³/mol. The van der Waals surface area contributed by atoms with Crippen molar-refractivity contribution in [3.8, 4) is 0 Å². The van der Waals surface area contributed by atoms with Crippen molar-refractivity contribution in [2.75, 3.05) is 0 Å². The largest absolute Gasteiger partial charge is 0.591 e. The Labute approximate surface area is 133 Å². The molecule has 5 heteroatoms. The van der Waals surface area contributed by atoms with Crippen molar-refractivity contribution in [2.24, 2.45) is 5.11 Å². The van der Waals surface area contributed by atoms with E-state index in [2.05, 4.69) is 10.4 Å². The maximum atomic E-state index is 12.4. The molecular weight excluding hydrogens is 290 g/mol. The van der Waals surface area contributed by atoms with Gasteiger partial charge in [-0.25, -0.2) is 4.79 Å². The van der Waals surface area contributed by atoms with Crippen LogP contribution in [0.5, 0.6) is 0 Å². The molecule has 0 spiro atoms. The van der Waals surface area contributed by atoms with Gasteiger partial charge in [0.15, 0.2) is 0 Å². The lowest BCUT2D eigenvalue weighted by molar-refractivity contribution is -0.426. The first kappa shape index (κ1) is 14.7. The van der Waals surface area contributed by atoms with Crippen molar-refractivity contribution in [3.63, 3.8) is 0 Å². The Morgan fingerprint density at radius 1 is 1.09 bits per heavy atom. The zero-order chi connectivity index (χ0) is 16.2. The molecule has 0 saturated heterocycles. The molecule has 2 aromatic rings. The monoisotopic (exact) mass is 305 g/mol. The molecule has 0 fully saturated rings. The number of allylic oxidation sites excluding steroid dienone is 4. The standard InChI is InChI=1S/C18H15N3O2/c1-13(14-9-11-19-12-10-14)20-21(23)18(22)17-8-4-6-15-5-2-3-7-16(15)17/h2-12,19H,1H3. The van der Waals surface area contributed by atoms with Gasteiger partial charge in [0.2, 0.25) is 0 Å². The normalized spacial score (nSPS) is 14.0. The van der Waals surface area contributed by atoms with E-state index in [0.29, 0.717) is 11.3 Å². The number of dihydropyridines is 1. The van der Waals surface area contributed by atoms with E-state index in [-0.39, 0.29) is 4.86 Å². The van der Waals surface area contributed by atoms with Gasteiger partial charge in [0.1, 0.15) is 11.3 Å². The molecule has 1 heterocycles. The summed E-state index contributed by atoms with van der Waals surface area (Å²) in [7, 11) is 0. The van der Waals surface area contributed by atoms with Crippen molar-refractivity contribution in [1.82, 2.24) is 5.32 Å². The summed E-state index contributed by atoms with van der Waals surface area (Å²) in [5.74, 6) is -0.677. The molecule has 5 nitrogen and oxygen atoms in total. The molecule has 1 N–H and O–H groups in total. The van der Waals surface area contributed by atoms with Crippen LogP contribution in [0.15, 0.2) is 83.4 Å². The number of carbonyl (C=O) groups is 1. The van der Waals surface area contributed by atoms with Crippen LogP contribution in [-0.2, 0) is 0 Å². The van der Waals surface area contributed by atoms with Crippen LogP contribution in [0.2, 0.25) is 0 Å². The van der Waals surface area contributed by atoms with Crippen molar-refractivity contribution in [2.45, 2.75) is 6.92 Å². The summed E-state index contributed by atoms with van der Waals surface area (Å²) in [5, 5.41) is 20.5. The van der Waals surface area contributed by atoms with Gasteiger partial charge in [-0.3, -0.25) is 0 Å². The minimum atomic E-state index is -0.677. The summed E-state index contributed by atoms with van der Waals surface area (Å²) >= 11 is 0. The lowest BCUT2D eigenvalue weighted by Gasteiger charge is -2.05. The van der Waals surface area contributed by atoms with Crippen molar-refractivity contribution in [1.29, 1.82) is 0 Å². The minimum absolute atomic E-state index is 0.147. The van der Waals surface area contributed by atoms with Gasteiger partial charge in [0, 0.05) is 23.1 Å². The summed E-state index contributed by atoms with van der Waals surface area (Å²) in [4.78, 5) is 12.6. The summed E-state index contributed by atoms with van der Waals surface area (Å²) in [5.41, 5.74) is 1.59. The highest BCUT2D eigenvalue weighted by atomic mass is 16.5. The number of amides is 1. The number of hydroxylamine groups is 1. The molecule has 0 bridgehead atoms. The van der Waals surface area contributed by atoms with E-state index >= 15 is 0 Å². The van der Waals surface area contributed by atoms with Crippen LogP contribution < -0.4 is 5.32 Å². The van der Waals surface area contributed by atoms with E-state index in [4.69, 9.17) is 0 Å². The van der Waals surface area contributed by atoms with E-state index in [1.807, 2.05) is 30.3 Å². The number of nitrogens with one attached hydrogen (secondary N) is 1. The molecule has 1 aliphatic heterocycles. The highest BCUT2D eigenvalue weighted by molar-refractivity contribution is 6.03. The topological polar surface area (TPSA) is 67.5 Å². The second-order valence-corrected chi connectivity index (χ2v) is 5.08. The van der Waals surface area contributed by atoms with Gasteiger partial charge < -0.3 is 10.5 Å².